The SMILES string of the molecule is CCCSc1ccc2c(c1)c(C1(C(N)=O)CCCCCC1)cn2C(N)=O. The summed E-state index contributed by atoms with van der Waals surface area (Å²) in [6, 6.07) is 5.48. The third kappa shape index (κ3) is 3.34. The average Bonchev–Trinajstić information content (AvgIpc) is 2.82. The van der Waals surface area contributed by atoms with Crippen LogP contribution in [-0.4, -0.2) is 22.3 Å². The standard InChI is InChI=1S/C20H27N3O2S/c1-2-11-26-14-7-8-17-15(12-14)16(13-23(17)19(22)25)20(18(21)24)9-5-3-4-6-10-20/h7-8,12-13H,2-6,9-11H2,1H3,(H2,21,24)(H2,22,25). The van der Waals surface area contributed by atoms with Gasteiger partial charge >= 0.3 is 6.03 Å². The van der Waals surface area contributed by atoms with Crippen LogP contribution in [0.15, 0.2) is 29.3 Å². The molecule has 1 aromatic heterocycles. The number of hydrogen-bond acceptors (Lipinski definition) is 3. The Hall–Kier alpha value is -1.95. The maximum absolute atomic E-state index is 12.6. The van der Waals surface area contributed by atoms with E-state index in [-0.39, 0.29) is 5.91 Å². The number of benzene rings is 1. The van der Waals surface area contributed by atoms with Gasteiger partial charge in [0.05, 0.1) is 10.9 Å². The summed E-state index contributed by atoms with van der Waals surface area (Å²) in [4.78, 5) is 25.7. The molecule has 3 rings (SSSR count). The van der Waals surface area contributed by atoms with E-state index in [4.69, 9.17) is 11.5 Å². The van der Waals surface area contributed by atoms with Crippen molar-refractivity contribution in [3.8, 4) is 0 Å². The van der Waals surface area contributed by atoms with E-state index in [1.165, 1.54) is 4.57 Å². The number of carbonyl (C=O) groups excluding carboxylic acids is 2. The van der Waals surface area contributed by atoms with Crippen LogP contribution in [0.4, 0.5) is 4.79 Å². The van der Waals surface area contributed by atoms with Gasteiger partial charge in [-0.05, 0) is 48.8 Å². The van der Waals surface area contributed by atoms with Crippen molar-refractivity contribution in [3.05, 3.63) is 30.0 Å². The molecule has 0 saturated heterocycles. The first-order valence-corrected chi connectivity index (χ1v) is 10.4. The molecule has 1 aromatic carbocycles. The summed E-state index contributed by atoms with van der Waals surface area (Å²) >= 11 is 1.78. The Morgan fingerprint density at radius 3 is 2.42 bits per heavy atom. The van der Waals surface area contributed by atoms with Crippen LogP contribution in [-0.2, 0) is 10.2 Å². The maximum atomic E-state index is 12.6. The zero-order valence-corrected chi connectivity index (χ0v) is 16.1. The zero-order chi connectivity index (χ0) is 18.7. The fourth-order valence-electron chi connectivity index (χ4n) is 4.06. The Balaban J connectivity index is 2.21. The lowest BCUT2D eigenvalue weighted by atomic mass is 9.73. The van der Waals surface area contributed by atoms with Crippen molar-refractivity contribution in [1.29, 1.82) is 0 Å². The van der Waals surface area contributed by atoms with Crippen molar-refractivity contribution >= 4 is 34.6 Å². The Morgan fingerprint density at radius 2 is 1.85 bits per heavy atom. The van der Waals surface area contributed by atoms with E-state index in [0.29, 0.717) is 0 Å². The number of nitrogens with two attached hydrogens (primary N) is 2. The van der Waals surface area contributed by atoms with E-state index in [9.17, 15) is 9.59 Å². The second-order valence-corrected chi connectivity index (χ2v) is 8.31. The summed E-state index contributed by atoms with van der Waals surface area (Å²) in [5.74, 6) is 0.729. The topological polar surface area (TPSA) is 91.1 Å². The van der Waals surface area contributed by atoms with E-state index in [1.807, 2.05) is 12.1 Å². The summed E-state index contributed by atoms with van der Waals surface area (Å²) < 4.78 is 1.45. The Bertz CT molecular complexity index is 820. The Labute approximate surface area is 158 Å². The third-order valence-corrected chi connectivity index (χ3v) is 6.63. The summed E-state index contributed by atoms with van der Waals surface area (Å²) in [5.41, 5.74) is 12.4. The summed E-state index contributed by atoms with van der Waals surface area (Å²) in [7, 11) is 0. The van der Waals surface area contributed by atoms with Crippen molar-refractivity contribution in [2.45, 2.75) is 62.2 Å². The minimum atomic E-state index is -0.719. The minimum absolute atomic E-state index is 0.297. The van der Waals surface area contributed by atoms with Gasteiger partial charge in [-0.15, -0.1) is 11.8 Å². The number of rotatable bonds is 5. The number of hydrogen-bond donors (Lipinski definition) is 2. The van der Waals surface area contributed by atoms with Crippen LogP contribution in [0.3, 0.4) is 0 Å². The molecule has 1 saturated carbocycles. The second-order valence-electron chi connectivity index (χ2n) is 7.14. The van der Waals surface area contributed by atoms with Gasteiger partial charge in [0.15, 0.2) is 0 Å². The molecule has 1 heterocycles. The van der Waals surface area contributed by atoms with E-state index >= 15 is 0 Å². The number of carbonyl (C=O) groups is 2. The molecule has 0 spiro atoms. The van der Waals surface area contributed by atoms with Gasteiger partial charge in [-0.2, -0.15) is 0 Å². The number of thioether (sulfide) groups is 1. The van der Waals surface area contributed by atoms with Gasteiger partial charge in [0, 0.05) is 16.5 Å². The summed E-state index contributed by atoms with van der Waals surface area (Å²) in [6.45, 7) is 2.15. The Morgan fingerprint density at radius 1 is 1.15 bits per heavy atom. The first-order valence-electron chi connectivity index (χ1n) is 9.37. The van der Waals surface area contributed by atoms with Crippen LogP contribution in [0.5, 0.6) is 0 Å². The predicted molar refractivity (Wildman–Crippen MR) is 107 cm³/mol. The van der Waals surface area contributed by atoms with Gasteiger partial charge in [-0.3, -0.25) is 9.36 Å². The summed E-state index contributed by atoms with van der Waals surface area (Å²) in [6.07, 6.45) is 8.45. The van der Waals surface area contributed by atoms with E-state index < -0.39 is 11.4 Å². The molecular formula is C20H27N3O2S. The molecule has 0 atom stereocenters. The highest BCUT2D eigenvalue weighted by molar-refractivity contribution is 7.99. The quantitative estimate of drug-likeness (QED) is 0.609. The number of primary amides is 2. The molecule has 140 valence electrons. The fourth-order valence-corrected chi connectivity index (χ4v) is 4.87. The van der Waals surface area contributed by atoms with Crippen LogP contribution in [0.25, 0.3) is 10.9 Å². The molecule has 0 aliphatic heterocycles. The van der Waals surface area contributed by atoms with Gasteiger partial charge in [-0.1, -0.05) is 32.6 Å². The summed E-state index contributed by atoms with van der Waals surface area (Å²) in [5, 5.41) is 0.922. The van der Waals surface area contributed by atoms with Gasteiger partial charge < -0.3 is 11.5 Å². The van der Waals surface area contributed by atoms with E-state index in [1.54, 1.807) is 18.0 Å². The molecule has 1 aliphatic carbocycles. The van der Waals surface area contributed by atoms with Crippen molar-refractivity contribution < 1.29 is 9.59 Å². The second kappa shape index (κ2) is 7.74. The highest BCUT2D eigenvalue weighted by atomic mass is 32.2. The molecule has 6 heteroatoms. The van der Waals surface area contributed by atoms with Crippen molar-refractivity contribution in [2.75, 3.05) is 5.75 Å². The molecule has 2 amide bonds. The lowest BCUT2D eigenvalue weighted by molar-refractivity contribution is -0.124. The first-order chi connectivity index (χ1) is 12.5. The lowest BCUT2D eigenvalue weighted by Crippen LogP contribution is -2.40. The number of fused-ring (bicyclic) bond motifs is 1. The smallest absolute Gasteiger partial charge is 0.323 e. The maximum Gasteiger partial charge on any atom is 0.323 e. The zero-order valence-electron chi connectivity index (χ0n) is 15.3. The molecule has 0 bridgehead atoms. The fraction of sp³-hybridized carbons (Fsp3) is 0.500. The first kappa shape index (κ1) is 18.8. The van der Waals surface area contributed by atoms with E-state index in [0.717, 1.165) is 72.1 Å². The van der Waals surface area contributed by atoms with Gasteiger partial charge in [0.2, 0.25) is 5.91 Å². The largest absolute Gasteiger partial charge is 0.369 e. The Kier molecular flexibility index (Phi) is 5.61. The van der Waals surface area contributed by atoms with Gasteiger partial charge in [-0.25, -0.2) is 4.79 Å². The molecule has 5 nitrogen and oxygen atoms in total. The number of aromatic nitrogens is 1. The third-order valence-electron chi connectivity index (χ3n) is 5.43. The molecule has 4 N–H and O–H groups in total. The molecule has 0 unspecified atom stereocenters. The monoisotopic (exact) mass is 373 g/mol. The molecule has 26 heavy (non-hydrogen) atoms. The molecule has 1 aliphatic rings. The predicted octanol–water partition coefficient (Wildman–Crippen LogP) is 4.15. The molecule has 1 fully saturated rings. The molecule has 2 aromatic rings. The highest BCUT2D eigenvalue weighted by Crippen LogP contribution is 2.43. The van der Waals surface area contributed by atoms with Gasteiger partial charge in [0.25, 0.3) is 0 Å². The molecular weight excluding hydrogens is 346 g/mol. The van der Waals surface area contributed by atoms with Crippen LogP contribution < -0.4 is 11.5 Å². The number of amides is 2. The van der Waals surface area contributed by atoms with Crippen LogP contribution in [0.2, 0.25) is 0 Å². The minimum Gasteiger partial charge on any atom is -0.369 e. The van der Waals surface area contributed by atoms with Crippen LogP contribution >= 0.6 is 11.8 Å². The van der Waals surface area contributed by atoms with Gasteiger partial charge in [0.1, 0.15) is 0 Å². The van der Waals surface area contributed by atoms with Crippen LogP contribution in [0.1, 0.15) is 57.4 Å². The van der Waals surface area contributed by atoms with E-state index in [2.05, 4.69) is 13.0 Å². The molecule has 0 radical (unpaired) electrons. The number of nitrogens with zero attached hydrogens (tertiary/aromatic N) is 1. The van der Waals surface area contributed by atoms with Crippen molar-refractivity contribution in [2.24, 2.45) is 11.5 Å². The normalized spacial score (nSPS) is 17.1. The van der Waals surface area contributed by atoms with Crippen LogP contribution in [0, 0.1) is 0 Å². The highest BCUT2D eigenvalue weighted by Gasteiger charge is 2.41. The lowest BCUT2D eigenvalue weighted by Gasteiger charge is -2.29. The van der Waals surface area contributed by atoms with Crippen molar-refractivity contribution in [1.82, 2.24) is 4.57 Å². The average molecular weight is 374 g/mol. The van der Waals surface area contributed by atoms with Crippen molar-refractivity contribution in [3.63, 3.8) is 0 Å².